The quantitative estimate of drug-likeness (QED) is 0.727. The first-order chi connectivity index (χ1) is 9.54. The van der Waals surface area contributed by atoms with Crippen LogP contribution in [0.1, 0.15) is 26.3 Å². The molecule has 0 saturated carbocycles. The maximum atomic E-state index is 10.7. The fourth-order valence-corrected chi connectivity index (χ4v) is 1.76. The zero-order valence-electron chi connectivity index (χ0n) is 12.3. The van der Waals surface area contributed by atoms with Gasteiger partial charge < -0.3 is 19.9 Å². The third kappa shape index (κ3) is 5.48. The summed E-state index contributed by atoms with van der Waals surface area (Å²) < 4.78 is 10.9. The number of ether oxygens (including phenoxy) is 2. The van der Waals surface area contributed by atoms with E-state index in [2.05, 4.69) is 19.2 Å². The van der Waals surface area contributed by atoms with E-state index in [4.69, 9.17) is 14.6 Å². The monoisotopic (exact) mass is 281 g/mol. The number of benzene rings is 1. The topological polar surface area (TPSA) is 67.8 Å². The lowest BCUT2D eigenvalue weighted by Crippen LogP contribution is -2.20. The molecule has 0 amide bonds. The number of rotatable bonds is 9. The number of hydrogen-bond acceptors (Lipinski definition) is 4. The molecule has 0 bridgehead atoms. The lowest BCUT2D eigenvalue weighted by molar-refractivity contribution is -0.139. The van der Waals surface area contributed by atoms with Crippen LogP contribution < -0.4 is 14.8 Å². The molecule has 0 aliphatic carbocycles. The summed E-state index contributed by atoms with van der Waals surface area (Å²) in [7, 11) is 0. The molecule has 0 fully saturated rings. The first-order valence-electron chi connectivity index (χ1n) is 6.84. The highest BCUT2D eigenvalue weighted by atomic mass is 16.5. The van der Waals surface area contributed by atoms with E-state index in [1.165, 1.54) is 0 Å². The van der Waals surface area contributed by atoms with Crippen LogP contribution in [-0.2, 0) is 11.3 Å². The van der Waals surface area contributed by atoms with Gasteiger partial charge in [0.15, 0.2) is 18.1 Å². The maximum absolute atomic E-state index is 10.7. The Morgan fingerprint density at radius 2 is 2.10 bits per heavy atom. The zero-order valence-corrected chi connectivity index (χ0v) is 12.3. The van der Waals surface area contributed by atoms with Crippen molar-refractivity contribution in [3.63, 3.8) is 0 Å². The van der Waals surface area contributed by atoms with Gasteiger partial charge in [-0.3, -0.25) is 0 Å². The average molecular weight is 281 g/mol. The average Bonchev–Trinajstić information content (AvgIpc) is 2.37. The fraction of sp³-hybridized carbons (Fsp3) is 0.533. The lowest BCUT2D eigenvalue weighted by atomic mass is 10.1. The van der Waals surface area contributed by atoms with Gasteiger partial charge in [0.05, 0.1) is 6.61 Å². The molecule has 0 atom stereocenters. The Kier molecular flexibility index (Phi) is 6.87. The molecule has 0 heterocycles. The largest absolute Gasteiger partial charge is 0.490 e. The van der Waals surface area contributed by atoms with Crippen molar-refractivity contribution in [2.45, 2.75) is 27.3 Å². The minimum Gasteiger partial charge on any atom is -0.490 e. The highest BCUT2D eigenvalue weighted by molar-refractivity contribution is 5.68. The molecule has 0 aliphatic rings. The van der Waals surface area contributed by atoms with E-state index in [-0.39, 0.29) is 6.61 Å². The van der Waals surface area contributed by atoms with Crippen molar-refractivity contribution in [1.29, 1.82) is 0 Å². The number of nitrogens with one attached hydrogen (secondary N) is 1. The fourth-order valence-electron chi connectivity index (χ4n) is 1.76. The molecule has 1 aromatic carbocycles. The summed E-state index contributed by atoms with van der Waals surface area (Å²) in [5.74, 6) is 0.636. The third-order valence-electron chi connectivity index (χ3n) is 2.57. The minimum atomic E-state index is -1.00. The van der Waals surface area contributed by atoms with Crippen molar-refractivity contribution in [3.8, 4) is 11.5 Å². The lowest BCUT2D eigenvalue weighted by Gasteiger charge is -2.16. The molecule has 0 aromatic heterocycles. The first kappa shape index (κ1) is 16.3. The van der Waals surface area contributed by atoms with E-state index < -0.39 is 5.97 Å². The molecule has 0 spiro atoms. The van der Waals surface area contributed by atoms with Crippen LogP contribution in [0, 0.1) is 5.92 Å². The van der Waals surface area contributed by atoms with E-state index >= 15 is 0 Å². The molecule has 112 valence electrons. The second-order valence-corrected chi connectivity index (χ2v) is 4.88. The molecule has 1 aromatic rings. The van der Waals surface area contributed by atoms with Gasteiger partial charge in [-0.25, -0.2) is 4.79 Å². The number of carboxylic acids is 1. The Balaban J connectivity index is 2.83. The Bertz CT molecular complexity index is 432. The normalized spacial score (nSPS) is 10.6. The zero-order chi connectivity index (χ0) is 15.0. The van der Waals surface area contributed by atoms with Gasteiger partial charge in [-0.05, 0) is 25.5 Å². The van der Waals surface area contributed by atoms with Gasteiger partial charge in [0.25, 0.3) is 0 Å². The van der Waals surface area contributed by atoms with Crippen LogP contribution in [-0.4, -0.2) is 30.8 Å². The number of carboxylic acid groups (broad SMARTS) is 1. The van der Waals surface area contributed by atoms with Gasteiger partial charge in [0.2, 0.25) is 0 Å². The predicted molar refractivity (Wildman–Crippen MR) is 77.3 cm³/mol. The Labute approximate surface area is 119 Å². The van der Waals surface area contributed by atoms with E-state index in [0.29, 0.717) is 30.6 Å². The van der Waals surface area contributed by atoms with Crippen molar-refractivity contribution in [1.82, 2.24) is 5.32 Å². The Hall–Kier alpha value is -1.75. The number of aliphatic carboxylic acids is 1. The van der Waals surface area contributed by atoms with Gasteiger partial charge >= 0.3 is 5.97 Å². The van der Waals surface area contributed by atoms with E-state index in [1.54, 1.807) is 6.07 Å². The molecule has 2 N–H and O–H groups in total. The van der Waals surface area contributed by atoms with Crippen LogP contribution in [0.3, 0.4) is 0 Å². The highest BCUT2D eigenvalue weighted by Crippen LogP contribution is 2.31. The number of para-hydroxylation sites is 1. The van der Waals surface area contributed by atoms with Crippen LogP contribution in [0.2, 0.25) is 0 Å². The predicted octanol–water partition coefficient (Wildman–Crippen LogP) is 2.29. The summed E-state index contributed by atoms with van der Waals surface area (Å²) in [6, 6.07) is 5.57. The molecular formula is C15H23NO4. The molecule has 1 rings (SSSR count). The summed E-state index contributed by atoms with van der Waals surface area (Å²) in [6.07, 6.45) is 0. The maximum Gasteiger partial charge on any atom is 0.341 e. The van der Waals surface area contributed by atoms with Crippen LogP contribution in [0.25, 0.3) is 0 Å². The molecule has 0 aliphatic heterocycles. The van der Waals surface area contributed by atoms with E-state index in [1.807, 2.05) is 19.1 Å². The van der Waals surface area contributed by atoms with Gasteiger partial charge in [0, 0.05) is 12.1 Å². The smallest absolute Gasteiger partial charge is 0.341 e. The SMILES string of the molecule is CCOc1cccc(CNCC(C)C)c1OCC(=O)O. The highest BCUT2D eigenvalue weighted by Gasteiger charge is 2.12. The molecular weight excluding hydrogens is 258 g/mol. The second-order valence-electron chi connectivity index (χ2n) is 4.88. The van der Waals surface area contributed by atoms with Crippen LogP contribution in [0.5, 0.6) is 11.5 Å². The van der Waals surface area contributed by atoms with Crippen molar-refractivity contribution < 1.29 is 19.4 Å². The Morgan fingerprint density at radius 3 is 2.70 bits per heavy atom. The van der Waals surface area contributed by atoms with Crippen molar-refractivity contribution in [2.24, 2.45) is 5.92 Å². The van der Waals surface area contributed by atoms with E-state index in [0.717, 1.165) is 12.1 Å². The summed E-state index contributed by atoms with van der Waals surface area (Å²) in [5.41, 5.74) is 0.901. The second kappa shape index (κ2) is 8.43. The van der Waals surface area contributed by atoms with Crippen LogP contribution >= 0.6 is 0 Å². The molecule has 0 unspecified atom stereocenters. The van der Waals surface area contributed by atoms with Crippen molar-refractivity contribution in [3.05, 3.63) is 23.8 Å². The summed E-state index contributed by atoms with van der Waals surface area (Å²) in [4.78, 5) is 10.7. The van der Waals surface area contributed by atoms with Gasteiger partial charge in [-0.1, -0.05) is 26.0 Å². The van der Waals surface area contributed by atoms with Crippen molar-refractivity contribution >= 4 is 5.97 Å². The summed E-state index contributed by atoms with van der Waals surface area (Å²) in [5, 5.41) is 12.1. The van der Waals surface area contributed by atoms with Crippen LogP contribution in [0.15, 0.2) is 18.2 Å². The first-order valence-corrected chi connectivity index (χ1v) is 6.84. The minimum absolute atomic E-state index is 0.374. The number of carbonyl (C=O) groups is 1. The summed E-state index contributed by atoms with van der Waals surface area (Å²) >= 11 is 0. The van der Waals surface area contributed by atoms with Crippen LogP contribution in [0.4, 0.5) is 0 Å². The Morgan fingerprint density at radius 1 is 1.35 bits per heavy atom. The molecule has 20 heavy (non-hydrogen) atoms. The standard InChI is InChI=1S/C15H23NO4/c1-4-19-13-7-5-6-12(9-16-8-11(2)3)15(13)20-10-14(17)18/h5-7,11,16H,4,8-10H2,1-3H3,(H,17,18). The molecule has 0 radical (unpaired) electrons. The number of hydrogen-bond donors (Lipinski definition) is 2. The summed E-state index contributed by atoms with van der Waals surface area (Å²) in [6.45, 7) is 7.78. The van der Waals surface area contributed by atoms with Gasteiger partial charge in [-0.2, -0.15) is 0 Å². The molecule has 5 nitrogen and oxygen atoms in total. The van der Waals surface area contributed by atoms with E-state index in [9.17, 15) is 4.79 Å². The third-order valence-corrected chi connectivity index (χ3v) is 2.57. The molecule has 0 saturated heterocycles. The molecule has 5 heteroatoms. The van der Waals surface area contributed by atoms with Gasteiger partial charge in [0.1, 0.15) is 0 Å². The van der Waals surface area contributed by atoms with Gasteiger partial charge in [-0.15, -0.1) is 0 Å². The van der Waals surface area contributed by atoms with Crippen molar-refractivity contribution in [2.75, 3.05) is 19.8 Å².